The average molecular weight is 269 g/mol. The molecular formula is C15H27NO3. The molecule has 0 spiro atoms. The highest BCUT2D eigenvalue weighted by atomic mass is 16.5. The number of morpholine rings is 1. The van der Waals surface area contributed by atoms with E-state index < -0.39 is 0 Å². The van der Waals surface area contributed by atoms with E-state index in [0.29, 0.717) is 24.4 Å². The molecule has 0 bridgehead atoms. The fourth-order valence-electron chi connectivity index (χ4n) is 3.80. The summed E-state index contributed by atoms with van der Waals surface area (Å²) in [5.74, 6) is 0. The molecule has 4 atom stereocenters. The van der Waals surface area contributed by atoms with Gasteiger partial charge in [-0.1, -0.05) is 0 Å². The smallest absolute Gasteiger partial charge is 0.0732 e. The van der Waals surface area contributed by atoms with Crippen molar-refractivity contribution in [2.45, 2.75) is 62.9 Å². The summed E-state index contributed by atoms with van der Waals surface area (Å²) in [6.45, 7) is 3.97. The van der Waals surface area contributed by atoms with Crippen LogP contribution in [-0.4, -0.2) is 62.7 Å². The van der Waals surface area contributed by atoms with Crippen molar-refractivity contribution in [2.24, 2.45) is 0 Å². The van der Waals surface area contributed by atoms with Gasteiger partial charge in [0.1, 0.15) is 0 Å². The number of hydrogen-bond acceptors (Lipinski definition) is 4. The van der Waals surface area contributed by atoms with E-state index in [9.17, 15) is 0 Å². The highest BCUT2D eigenvalue weighted by Crippen LogP contribution is 2.30. The van der Waals surface area contributed by atoms with Gasteiger partial charge in [0.25, 0.3) is 0 Å². The SMILES string of the molecule is CO[C@@H]1CC[C@@H]2OCCN(C[C@H]3CCCCO3)[C@@H]2C1. The molecule has 0 amide bonds. The molecular weight excluding hydrogens is 242 g/mol. The van der Waals surface area contributed by atoms with Gasteiger partial charge in [0, 0.05) is 32.8 Å². The molecule has 4 nitrogen and oxygen atoms in total. The van der Waals surface area contributed by atoms with E-state index in [1.54, 1.807) is 0 Å². The normalized spacial score (nSPS) is 40.9. The molecule has 19 heavy (non-hydrogen) atoms. The van der Waals surface area contributed by atoms with Crippen LogP contribution in [0.5, 0.6) is 0 Å². The molecule has 0 aromatic rings. The van der Waals surface area contributed by atoms with E-state index in [-0.39, 0.29) is 0 Å². The summed E-state index contributed by atoms with van der Waals surface area (Å²) in [5, 5.41) is 0. The number of rotatable bonds is 3. The second-order valence-corrected chi connectivity index (χ2v) is 6.13. The van der Waals surface area contributed by atoms with Crippen molar-refractivity contribution in [3.8, 4) is 0 Å². The van der Waals surface area contributed by atoms with Crippen LogP contribution < -0.4 is 0 Å². The third-order valence-electron chi connectivity index (χ3n) is 4.93. The van der Waals surface area contributed by atoms with Crippen LogP contribution in [0.25, 0.3) is 0 Å². The first-order valence-electron chi connectivity index (χ1n) is 7.87. The predicted molar refractivity (Wildman–Crippen MR) is 73.3 cm³/mol. The number of ether oxygens (including phenoxy) is 3. The van der Waals surface area contributed by atoms with E-state index in [0.717, 1.165) is 45.6 Å². The van der Waals surface area contributed by atoms with E-state index in [4.69, 9.17) is 14.2 Å². The summed E-state index contributed by atoms with van der Waals surface area (Å²) in [5.41, 5.74) is 0. The maximum Gasteiger partial charge on any atom is 0.0732 e. The lowest BCUT2D eigenvalue weighted by Gasteiger charge is -2.46. The molecule has 1 saturated carbocycles. The molecule has 3 rings (SSSR count). The summed E-state index contributed by atoms with van der Waals surface area (Å²) < 4.78 is 17.4. The number of methoxy groups -OCH3 is 1. The zero-order valence-electron chi connectivity index (χ0n) is 12.1. The van der Waals surface area contributed by atoms with Crippen LogP contribution in [-0.2, 0) is 14.2 Å². The molecule has 3 aliphatic rings. The molecule has 0 radical (unpaired) electrons. The summed E-state index contributed by atoms with van der Waals surface area (Å²) in [4.78, 5) is 2.61. The lowest BCUT2D eigenvalue weighted by molar-refractivity contribution is -0.126. The summed E-state index contributed by atoms with van der Waals surface area (Å²) >= 11 is 0. The van der Waals surface area contributed by atoms with Gasteiger partial charge in [0.05, 0.1) is 24.9 Å². The van der Waals surface area contributed by atoms with Crippen molar-refractivity contribution >= 4 is 0 Å². The summed E-state index contributed by atoms with van der Waals surface area (Å²) in [6, 6.07) is 0.540. The third kappa shape index (κ3) is 3.30. The Morgan fingerprint density at radius 3 is 2.84 bits per heavy atom. The Bertz CT molecular complexity index is 281. The number of fused-ring (bicyclic) bond motifs is 1. The Labute approximate surface area is 116 Å². The van der Waals surface area contributed by atoms with Crippen LogP contribution in [0.3, 0.4) is 0 Å². The molecule has 0 aromatic heterocycles. The van der Waals surface area contributed by atoms with Crippen LogP contribution in [0.15, 0.2) is 0 Å². The van der Waals surface area contributed by atoms with Gasteiger partial charge < -0.3 is 14.2 Å². The lowest BCUT2D eigenvalue weighted by Crippen LogP contribution is -2.56. The Balaban J connectivity index is 1.59. The van der Waals surface area contributed by atoms with E-state index in [1.165, 1.54) is 19.3 Å². The fourth-order valence-corrected chi connectivity index (χ4v) is 3.80. The second kappa shape index (κ2) is 6.53. The Morgan fingerprint density at radius 2 is 2.05 bits per heavy atom. The highest BCUT2D eigenvalue weighted by Gasteiger charge is 2.38. The van der Waals surface area contributed by atoms with Crippen molar-refractivity contribution < 1.29 is 14.2 Å². The number of hydrogen-bond donors (Lipinski definition) is 0. The van der Waals surface area contributed by atoms with Gasteiger partial charge in [-0.3, -0.25) is 4.90 Å². The van der Waals surface area contributed by atoms with Crippen LogP contribution in [0, 0.1) is 0 Å². The van der Waals surface area contributed by atoms with Gasteiger partial charge >= 0.3 is 0 Å². The zero-order chi connectivity index (χ0) is 13.1. The molecule has 4 heteroatoms. The van der Waals surface area contributed by atoms with Crippen molar-refractivity contribution in [3.63, 3.8) is 0 Å². The van der Waals surface area contributed by atoms with E-state index >= 15 is 0 Å². The monoisotopic (exact) mass is 269 g/mol. The Kier molecular flexibility index (Phi) is 4.74. The maximum atomic E-state index is 5.96. The summed E-state index contributed by atoms with van der Waals surface area (Å²) in [7, 11) is 1.84. The largest absolute Gasteiger partial charge is 0.381 e. The van der Waals surface area contributed by atoms with Gasteiger partial charge in [-0.2, -0.15) is 0 Å². The molecule has 2 saturated heterocycles. The Morgan fingerprint density at radius 1 is 1.11 bits per heavy atom. The van der Waals surface area contributed by atoms with Crippen LogP contribution >= 0.6 is 0 Å². The van der Waals surface area contributed by atoms with Gasteiger partial charge in [0.15, 0.2) is 0 Å². The highest BCUT2D eigenvalue weighted by molar-refractivity contribution is 4.91. The number of nitrogens with zero attached hydrogens (tertiary/aromatic N) is 1. The minimum Gasteiger partial charge on any atom is -0.381 e. The first kappa shape index (κ1) is 13.8. The zero-order valence-corrected chi connectivity index (χ0v) is 12.1. The topological polar surface area (TPSA) is 30.9 Å². The molecule has 0 unspecified atom stereocenters. The molecule has 2 aliphatic heterocycles. The van der Waals surface area contributed by atoms with Gasteiger partial charge in [-0.05, 0) is 38.5 Å². The molecule has 110 valence electrons. The van der Waals surface area contributed by atoms with Gasteiger partial charge in [-0.25, -0.2) is 0 Å². The molecule has 0 N–H and O–H groups in total. The van der Waals surface area contributed by atoms with Crippen LogP contribution in [0.2, 0.25) is 0 Å². The minimum absolute atomic E-state index is 0.415. The second-order valence-electron chi connectivity index (χ2n) is 6.13. The first-order chi connectivity index (χ1) is 9.36. The first-order valence-corrected chi connectivity index (χ1v) is 7.87. The van der Waals surface area contributed by atoms with E-state index in [2.05, 4.69) is 4.90 Å². The minimum atomic E-state index is 0.415. The van der Waals surface area contributed by atoms with E-state index in [1.807, 2.05) is 7.11 Å². The van der Waals surface area contributed by atoms with Gasteiger partial charge in [-0.15, -0.1) is 0 Å². The quantitative estimate of drug-likeness (QED) is 0.782. The molecule has 1 aliphatic carbocycles. The van der Waals surface area contributed by atoms with Gasteiger partial charge in [0.2, 0.25) is 0 Å². The van der Waals surface area contributed by atoms with Crippen molar-refractivity contribution in [3.05, 3.63) is 0 Å². The third-order valence-corrected chi connectivity index (χ3v) is 4.93. The Hall–Kier alpha value is -0.160. The fraction of sp³-hybridized carbons (Fsp3) is 1.00. The average Bonchev–Trinajstić information content (AvgIpc) is 2.48. The van der Waals surface area contributed by atoms with Crippen molar-refractivity contribution in [1.82, 2.24) is 4.90 Å². The predicted octanol–water partition coefficient (Wildman–Crippen LogP) is 1.82. The van der Waals surface area contributed by atoms with Crippen molar-refractivity contribution in [1.29, 1.82) is 0 Å². The maximum absolute atomic E-state index is 5.96. The standard InChI is InChI=1S/C15H27NO3/c1-17-12-5-6-15-14(10-12)16(7-9-19-15)11-13-4-2-3-8-18-13/h12-15H,2-11H2,1H3/t12-,13-,14-,15+/m1/s1. The molecule has 0 aromatic carbocycles. The summed E-state index contributed by atoms with van der Waals surface area (Å²) in [6.07, 6.45) is 8.46. The lowest BCUT2D eigenvalue weighted by atomic mass is 9.87. The molecule has 2 heterocycles. The van der Waals surface area contributed by atoms with Crippen molar-refractivity contribution in [2.75, 3.05) is 33.4 Å². The molecule has 3 fully saturated rings. The van der Waals surface area contributed by atoms with Crippen LogP contribution in [0.1, 0.15) is 38.5 Å². The van der Waals surface area contributed by atoms with Crippen LogP contribution in [0.4, 0.5) is 0 Å².